The smallest absolute Gasteiger partial charge is 0.259 e. The van der Waals surface area contributed by atoms with Crippen LogP contribution in [0.15, 0.2) is 42.5 Å². The molecule has 0 saturated heterocycles. The van der Waals surface area contributed by atoms with Gasteiger partial charge in [0.1, 0.15) is 17.2 Å². The third kappa shape index (κ3) is 4.16. The molecule has 23 heavy (non-hydrogen) atoms. The molecule has 0 heterocycles. The van der Waals surface area contributed by atoms with Gasteiger partial charge in [0.15, 0.2) is 0 Å². The van der Waals surface area contributed by atoms with Crippen molar-refractivity contribution >= 4 is 11.6 Å². The van der Waals surface area contributed by atoms with Crippen molar-refractivity contribution in [2.75, 3.05) is 26.1 Å². The maximum Gasteiger partial charge on any atom is 0.259 e. The molecule has 5 nitrogen and oxygen atoms in total. The number of ether oxygens (including phenoxy) is 3. The Morgan fingerprint density at radius 1 is 1.04 bits per heavy atom. The van der Waals surface area contributed by atoms with Gasteiger partial charge in [-0.3, -0.25) is 4.79 Å². The van der Waals surface area contributed by atoms with E-state index in [1.807, 2.05) is 25.1 Å². The molecule has 0 fully saturated rings. The van der Waals surface area contributed by atoms with Gasteiger partial charge >= 0.3 is 0 Å². The van der Waals surface area contributed by atoms with Crippen molar-refractivity contribution in [3.05, 3.63) is 48.0 Å². The average molecular weight is 315 g/mol. The second-order valence-electron chi connectivity index (χ2n) is 4.86. The molecule has 0 bridgehead atoms. The highest BCUT2D eigenvalue weighted by atomic mass is 16.5. The van der Waals surface area contributed by atoms with Crippen molar-refractivity contribution in [3.8, 4) is 17.2 Å². The molecule has 0 unspecified atom stereocenters. The molecule has 0 aromatic heterocycles. The van der Waals surface area contributed by atoms with Gasteiger partial charge in [0.2, 0.25) is 0 Å². The van der Waals surface area contributed by atoms with E-state index in [1.54, 1.807) is 31.4 Å². The highest BCUT2D eigenvalue weighted by Gasteiger charge is 2.15. The number of para-hydroxylation sites is 2. The van der Waals surface area contributed by atoms with E-state index in [0.29, 0.717) is 35.1 Å². The van der Waals surface area contributed by atoms with Gasteiger partial charge in [0.05, 0.1) is 32.1 Å². The van der Waals surface area contributed by atoms with Gasteiger partial charge < -0.3 is 19.5 Å². The van der Waals surface area contributed by atoms with Crippen molar-refractivity contribution in [1.82, 2.24) is 0 Å². The number of benzene rings is 2. The summed E-state index contributed by atoms with van der Waals surface area (Å²) in [6.45, 7) is 2.63. The molecule has 0 saturated carbocycles. The van der Waals surface area contributed by atoms with E-state index in [-0.39, 0.29) is 5.91 Å². The monoisotopic (exact) mass is 315 g/mol. The van der Waals surface area contributed by atoms with Crippen molar-refractivity contribution < 1.29 is 19.0 Å². The van der Waals surface area contributed by atoms with Crippen LogP contribution in [0.3, 0.4) is 0 Å². The Balaban J connectivity index is 2.22. The lowest BCUT2D eigenvalue weighted by Crippen LogP contribution is -2.14. The van der Waals surface area contributed by atoms with E-state index in [4.69, 9.17) is 14.2 Å². The molecule has 2 aromatic carbocycles. The van der Waals surface area contributed by atoms with E-state index < -0.39 is 0 Å². The minimum absolute atomic E-state index is 0.267. The summed E-state index contributed by atoms with van der Waals surface area (Å²) in [5, 5.41) is 2.86. The number of amides is 1. The molecule has 2 aromatic rings. The standard InChI is InChI=1S/C18H21NO4/c1-4-11-23-16-8-6-5-7-15(16)19-18(20)14-10-9-13(21-2)12-17(14)22-3/h5-10,12H,4,11H2,1-3H3,(H,19,20). The van der Waals surface area contributed by atoms with Crippen LogP contribution in [0.2, 0.25) is 0 Å². The van der Waals surface area contributed by atoms with Gasteiger partial charge in [0.25, 0.3) is 5.91 Å². The summed E-state index contributed by atoms with van der Waals surface area (Å²) in [7, 11) is 3.08. The predicted molar refractivity (Wildman–Crippen MR) is 89.7 cm³/mol. The molecule has 2 rings (SSSR count). The summed E-state index contributed by atoms with van der Waals surface area (Å²) in [5.41, 5.74) is 1.06. The molecule has 122 valence electrons. The average Bonchev–Trinajstić information content (AvgIpc) is 2.60. The number of carbonyl (C=O) groups is 1. The van der Waals surface area contributed by atoms with Crippen molar-refractivity contribution in [1.29, 1.82) is 0 Å². The van der Waals surface area contributed by atoms with Crippen LogP contribution in [0, 0.1) is 0 Å². The van der Waals surface area contributed by atoms with Crippen molar-refractivity contribution in [2.24, 2.45) is 0 Å². The maximum absolute atomic E-state index is 12.5. The fraction of sp³-hybridized carbons (Fsp3) is 0.278. The fourth-order valence-electron chi connectivity index (χ4n) is 2.08. The lowest BCUT2D eigenvalue weighted by molar-refractivity contribution is 0.102. The van der Waals surface area contributed by atoms with Crippen LogP contribution >= 0.6 is 0 Å². The first-order valence-corrected chi connectivity index (χ1v) is 7.44. The summed E-state index contributed by atoms with van der Waals surface area (Å²) in [6.07, 6.45) is 0.897. The van der Waals surface area contributed by atoms with Crippen LogP contribution in [0.5, 0.6) is 17.2 Å². The number of nitrogens with one attached hydrogen (secondary N) is 1. The maximum atomic E-state index is 12.5. The summed E-state index contributed by atoms with van der Waals surface area (Å²) < 4.78 is 16.1. The molecular formula is C18H21NO4. The molecule has 1 amide bonds. The largest absolute Gasteiger partial charge is 0.497 e. The van der Waals surface area contributed by atoms with E-state index in [0.717, 1.165) is 6.42 Å². The lowest BCUT2D eigenvalue weighted by Gasteiger charge is -2.14. The Kier molecular flexibility index (Phi) is 5.86. The number of carbonyl (C=O) groups excluding carboxylic acids is 1. The van der Waals surface area contributed by atoms with Crippen LogP contribution in [-0.2, 0) is 0 Å². The van der Waals surface area contributed by atoms with Crippen LogP contribution in [0.4, 0.5) is 5.69 Å². The Bertz CT molecular complexity index is 670. The predicted octanol–water partition coefficient (Wildman–Crippen LogP) is 3.74. The number of anilines is 1. The van der Waals surface area contributed by atoms with Gasteiger partial charge in [-0.15, -0.1) is 0 Å². The minimum atomic E-state index is -0.267. The molecule has 0 spiro atoms. The van der Waals surface area contributed by atoms with E-state index in [2.05, 4.69) is 5.32 Å². The Hall–Kier alpha value is -2.69. The van der Waals surface area contributed by atoms with Gasteiger partial charge in [-0.2, -0.15) is 0 Å². The van der Waals surface area contributed by atoms with E-state index in [1.165, 1.54) is 7.11 Å². The van der Waals surface area contributed by atoms with Crippen molar-refractivity contribution in [3.63, 3.8) is 0 Å². The van der Waals surface area contributed by atoms with Crippen LogP contribution < -0.4 is 19.5 Å². The Morgan fingerprint density at radius 3 is 2.52 bits per heavy atom. The third-order valence-corrected chi connectivity index (χ3v) is 3.25. The first kappa shape index (κ1) is 16.7. The fourth-order valence-corrected chi connectivity index (χ4v) is 2.08. The quantitative estimate of drug-likeness (QED) is 0.845. The second kappa shape index (κ2) is 8.08. The van der Waals surface area contributed by atoms with Gasteiger partial charge in [-0.05, 0) is 30.7 Å². The van der Waals surface area contributed by atoms with Crippen LogP contribution in [0.1, 0.15) is 23.7 Å². The molecule has 0 radical (unpaired) electrons. The minimum Gasteiger partial charge on any atom is -0.497 e. The third-order valence-electron chi connectivity index (χ3n) is 3.25. The number of hydrogen-bond donors (Lipinski definition) is 1. The SMILES string of the molecule is CCCOc1ccccc1NC(=O)c1ccc(OC)cc1OC. The molecule has 0 aliphatic rings. The van der Waals surface area contributed by atoms with Gasteiger partial charge in [-0.25, -0.2) is 0 Å². The highest BCUT2D eigenvalue weighted by Crippen LogP contribution is 2.28. The first-order valence-electron chi connectivity index (χ1n) is 7.44. The summed E-state index contributed by atoms with van der Waals surface area (Å²) in [4.78, 5) is 12.5. The molecule has 0 aliphatic heterocycles. The zero-order valence-corrected chi connectivity index (χ0v) is 13.6. The molecule has 0 atom stereocenters. The van der Waals surface area contributed by atoms with Crippen LogP contribution in [-0.4, -0.2) is 26.7 Å². The molecular weight excluding hydrogens is 294 g/mol. The number of rotatable bonds is 7. The normalized spacial score (nSPS) is 10.0. The lowest BCUT2D eigenvalue weighted by atomic mass is 10.1. The number of methoxy groups -OCH3 is 2. The Labute approximate surface area is 136 Å². The first-order chi connectivity index (χ1) is 11.2. The highest BCUT2D eigenvalue weighted by molar-refractivity contribution is 6.07. The van der Waals surface area contributed by atoms with Gasteiger partial charge in [0, 0.05) is 6.07 Å². The zero-order valence-electron chi connectivity index (χ0n) is 13.6. The number of hydrogen-bond acceptors (Lipinski definition) is 4. The molecule has 1 N–H and O–H groups in total. The summed E-state index contributed by atoms with van der Waals surface area (Å²) in [5.74, 6) is 1.46. The zero-order chi connectivity index (χ0) is 16.7. The van der Waals surface area contributed by atoms with Crippen LogP contribution in [0.25, 0.3) is 0 Å². The summed E-state index contributed by atoms with van der Waals surface area (Å²) in [6, 6.07) is 12.4. The Morgan fingerprint density at radius 2 is 1.83 bits per heavy atom. The van der Waals surface area contributed by atoms with E-state index >= 15 is 0 Å². The van der Waals surface area contributed by atoms with E-state index in [9.17, 15) is 4.79 Å². The second-order valence-corrected chi connectivity index (χ2v) is 4.86. The van der Waals surface area contributed by atoms with Gasteiger partial charge in [-0.1, -0.05) is 19.1 Å². The topological polar surface area (TPSA) is 56.8 Å². The summed E-state index contributed by atoms with van der Waals surface area (Å²) >= 11 is 0. The molecule has 0 aliphatic carbocycles. The molecule has 5 heteroatoms. The van der Waals surface area contributed by atoms with Crippen molar-refractivity contribution in [2.45, 2.75) is 13.3 Å².